The standard InChI is InChI=1S/C16H14B/c1-11-12-7-3-5-9-14(12)16(17-2)15-10-6-4-8-13(11)15/h3-10H,1-2H3. The largest absolute Gasteiger partial charge is 0.149 e. The van der Waals surface area contributed by atoms with Crippen molar-refractivity contribution < 1.29 is 0 Å². The molecule has 0 atom stereocenters. The Morgan fingerprint density at radius 2 is 1.12 bits per heavy atom. The van der Waals surface area contributed by atoms with Gasteiger partial charge in [0.05, 0.1) is 0 Å². The molecule has 0 heterocycles. The van der Waals surface area contributed by atoms with Crippen LogP contribution < -0.4 is 5.46 Å². The Labute approximate surface area is 103 Å². The first-order valence-corrected chi connectivity index (χ1v) is 6.02. The van der Waals surface area contributed by atoms with Gasteiger partial charge in [-0.25, -0.2) is 0 Å². The lowest BCUT2D eigenvalue weighted by Crippen LogP contribution is -2.14. The summed E-state index contributed by atoms with van der Waals surface area (Å²) in [6.07, 6.45) is 0. The summed E-state index contributed by atoms with van der Waals surface area (Å²) in [5, 5.41) is 5.43. The van der Waals surface area contributed by atoms with Gasteiger partial charge in [-0.1, -0.05) is 60.8 Å². The summed E-state index contributed by atoms with van der Waals surface area (Å²) in [6.45, 7) is 4.33. The molecule has 0 aromatic heterocycles. The summed E-state index contributed by atoms with van der Waals surface area (Å²) in [7, 11) is 2.21. The lowest BCUT2D eigenvalue weighted by Gasteiger charge is -2.13. The molecule has 81 valence electrons. The van der Waals surface area contributed by atoms with Crippen LogP contribution in [0, 0.1) is 6.92 Å². The molecule has 1 radical (unpaired) electrons. The molecule has 1 heteroatoms. The van der Waals surface area contributed by atoms with Crippen LogP contribution in [-0.2, 0) is 0 Å². The second kappa shape index (κ2) is 3.92. The molecule has 0 aliphatic carbocycles. The van der Waals surface area contributed by atoms with Crippen LogP contribution in [0.25, 0.3) is 21.5 Å². The van der Waals surface area contributed by atoms with Gasteiger partial charge in [0.1, 0.15) is 7.28 Å². The summed E-state index contributed by atoms with van der Waals surface area (Å²) in [5.41, 5.74) is 2.73. The van der Waals surface area contributed by atoms with E-state index in [0.29, 0.717) is 0 Å². The van der Waals surface area contributed by atoms with E-state index in [0.717, 1.165) is 0 Å². The van der Waals surface area contributed by atoms with E-state index in [9.17, 15) is 0 Å². The van der Waals surface area contributed by atoms with Crippen LogP contribution >= 0.6 is 0 Å². The average molecular weight is 217 g/mol. The Balaban J connectivity index is 2.63. The molecule has 0 amide bonds. The Hall–Kier alpha value is -1.76. The van der Waals surface area contributed by atoms with Gasteiger partial charge in [0.25, 0.3) is 0 Å². The molecule has 0 unspecified atom stereocenters. The van der Waals surface area contributed by atoms with E-state index < -0.39 is 0 Å². The van der Waals surface area contributed by atoms with Crippen molar-refractivity contribution in [2.24, 2.45) is 0 Å². The van der Waals surface area contributed by atoms with Crippen LogP contribution in [0.15, 0.2) is 48.5 Å². The molecule has 3 aromatic carbocycles. The summed E-state index contributed by atoms with van der Waals surface area (Å²) in [4.78, 5) is 0. The van der Waals surface area contributed by atoms with E-state index in [1.165, 1.54) is 32.6 Å². The third-order valence-electron chi connectivity index (χ3n) is 3.53. The van der Waals surface area contributed by atoms with Gasteiger partial charge in [-0.2, -0.15) is 0 Å². The monoisotopic (exact) mass is 217 g/mol. The van der Waals surface area contributed by atoms with Crippen LogP contribution in [0.4, 0.5) is 0 Å². The van der Waals surface area contributed by atoms with Crippen LogP contribution in [-0.4, -0.2) is 7.28 Å². The van der Waals surface area contributed by atoms with Crippen molar-refractivity contribution in [3.8, 4) is 0 Å². The van der Waals surface area contributed by atoms with Gasteiger partial charge < -0.3 is 0 Å². The zero-order valence-electron chi connectivity index (χ0n) is 10.2. The smallest absolute Gasteiger partial charge is 0.0872 e. The highest BCUT2D eigenvalue weighted by Crippen LogP contribution is 2.25. The normalized spacial score (nSPS) is 10.9. The minimum atomic E-state index is 1.35. The fourth-order valence-electron chi connectivity index (χ4n) is 2.69. The third-order valence-corrected chi connectivity index (χ3v) is 3.53. The van der Waals surface area contributed by atoms with E-state index >= 15 is 0 Å². The number of hydrogen-bond donors (Lipinski definition) is 0. The topological polar surface area (TPSA) is 0 Å². The predicted octanol–water partition coefficient (Wildman–Crippen LogP) is 3.68. The molecule has 0 bridgehead atoms. The number of aryl methyl sites for hydroxylation is 1. The van der Waals surface area contributed by atoms with Gasteiger partial charge in [-0.15, -0.1) is 0 Å². The number of benzene rings is 3. The Kier molecular flexibility index (Phi) is 2.40. The minimum absolute atomic E-state index is 1.35. The first-order chi connectivity index (χ1) is 8.33. The molecule has 0 fully saturated rings. The maximum atomic E-state index is 2.21. The van der Waals surface area contributed by atoms with E-state index in [1.807, 2.05) is 0 Å². The molecule has 0 saturated carbocycles. The quantitative estimate of drug-likeness (QED) is 0.430. The first-order valence-electron chi connectivity index (χ1n) is 6.02. The first kappa shape index (κ1) is 10.4. The molecular weight excluding hydrogens is 203 g/mol. The second-order valence-corrected chi connectivity index (χ2v) is 4.42. The lowest BCUT2D eigenvalue weighted by molar-refractivity contribution is 1.59. The molecule has 0 N–H and O–H groups in total. The summed E-state index contributed by atoms with van der Waals surface area (Å²) in [5.74, 6) is 0. The fraction of sp³-hybridized carbons (Fsp3) is 0.125. The van der Waals surface area contributed by atoms with Gasteiger partial charge in [-0.05, 0) is 34.0 Å². The molecular formula is C16H14B. The third kappa shape index (κ3) is 1.46. The molecule has 0 aliphatic rings. The predicted molar refractivity (Wildman–Crippen MR) is 77.4 cm³/mol. The van der Waals surface area contributed by atoms with Crippen LogP contribution in [0.3, 0.4) is 0 Å². The fourth-order valence-corrected chi connectivity index (χ4v) is 2.69. The highest BCUT2D eigenvalue weighted by Gasteiger charge is 2.08. The van der Waals surface area contributed by atoms with Gasteiger partial charge in [0, 0.05) is 0 Å². The Bertz CT molecular complexity index is 641. The van der Waals surface area contributed by atoms with Crippen molar-refractivity contribution in [3.63, 3.8) is 0 Å². The maximum absolute atomic E-state index is 2.21. The molecule has 0 nitrogen and oxygen atoms in total. The SMILES string of the molecule is C[B]c1c2ccccc2c(C)c2ccccc12. The summed E-state index contributed by atoms with van der Waals surface area (Å²) in [6, 6.07) is 17.3. The summed E-state index contributed by atoms with van der Waals surface area (Å²) >= 11 is 0. The Morgan fingerprint density at radius 3 is 1.53 bits per heavy atom. The average Bonchev–Trinajstić information content (AvgIpc) is 2.40. The Morgan fingerprint density at radius 1 is 0.706 bits per heavy atom. The van der Waals surface area contributed by atoms with E-state index in [2.05, 4.69) is 69.6 Å². The van der Waals surface area contributed by atoms with Crippen LogP contribution in [0.2, 0.25) is 6.82 Å². The minimum Gasteiger partial charge on any atom is -0.0872 e. The molecule has 3 aromatic rings. The zero-order valence-corrected chi connectivity index (χ0v) is 10.2. The van der Waals surface area contributed by atoms with Crippen molar-refractivity contribution in [1.82, 2.24) is 0 Å². The van der Waals surface area contributed by atoms with Crippen LogP contribution in [0.1, 0.15) is 5.56 Å². The van der Waals surface area contributed by atoms with E-state index in [1.54, 1.807) is 0 Å². The molecule has 0 spiro atoms. The number of rotatable bonds is 1. The van der Waals surface area contributed by atoms with Crippen molar-refractivity contribution >= 4 is 34.3 Å². The van der Waals surface area contributed by atoms with Crippen molar-refractivity contribution in [3.05, 3.63) is 54.1 Å². The van der Waals surface area contributed by atoms with Gasteiger partial charge in [0.15, 0.2) is 0 Å². The van der Waals surface area contributed by atoms with Crippen LogP contribution in [0.5, 0.6) is 0 Å². The second-order valence-electron chi connectivity index (χ2n) is 4.42. The van der Waals surface area contributed by atoms with E-state index in [-0.39, 0.29) is 0 Å². The molecule has 3 rings (SSSR count). The maximum Gasteiger partial charge on any atom is 0.149 e. The van der Waals surface area contributed by atoms with Crippen molar-refractivity contribution in [2.45, 2.75) is 13.7 Å². The number of hydrogen-bond acceptors (Lipinski definition) is 0. The van der Waals surface area contributed by atoms with Crippen molar-refractivity contribution in [2.75, 3.05) is 0 Å². The van der Waals surface area contributed by atoms with Crippen molar-refractivity contribution in [1.29, 1.82) is 0 Å². The molecule has 0 aliphatic heterocycles. The van der Waals surface area contributed by atoms with E-state index in [4.69, 9.17) is 0 Å². The van der Waals surface area contributed by atoms with Gasteiger partial charge in [0.2, 0.25) is 0 Å². The highest BCUT2D eigenvalue weighted by molar-refractivity contribution is 6.60. The number of fused-ring (bicyclic) bond motifs is 2. The highest BCUT2D eigenvalue weighted by atomic mass is 14.1. The van der Waals surface area contributed by atoms with Gasteiger partial charge in [-0.3, -0.25) is 0 Å². The zero-order chi connectivity index (χ0) is 11.8. The molecule has 17 heavy (non-hydrogen) atoms. The lowest BCUT2D eigenvalue weighted by atomic mass is 9.68. The van der Waals surface area contributed by atoms with Gasteiger partial charge >= 0.3 is 0 Å². The summed E-state index contributed by atoms with van der Waals surface area (Å²) < 4.78 is 0. The molecule has 0 saturated heterocycles.